The molecule has 3 N–H and O–H groups in total. The van der Waals surface area contributed by atoms with Crippen molar-refractivity contribution in [3.63, 3.8) is 0 Å². The Kier molecular flexibility index (Phi) is 3.75. The van der Waals surface area contributed by atoms with Gasteiger partial charge in [-0.25, -0.2) is 9.59 Å². The third kappa shape index (κ3) is 2.52. The molecule has 1 aromatic carbocycles. The summed E-state index contributed by atoms with van der Waals surface area (Å²) >= 11 is 0. The Bertz CT molecular complexity index is 722. The molecule has 1 saturated heterocycles. The summed E-state index contributed by atoms with van der Waals surface area (Å²) in [5, 5.41) is 0.850. The number of urea groups is 1. The molecule has 0 bridgehead atoms. The van der Waals surface area contributed by atoms with Gasteiger partial charge in [0, 0.05) is 23.1 Å². The van der Waals surface area contributed by atoms with Crippen LogP contribution in [0.4, 0.5) is 4.79 Å². The Labute approximate surface area is 128 Å². The van der Waals surface area contributed by atoms with Gasteiger partial charge in [0.15, 0.2) is 0 Å². The quantitative estimate of drug-likeness (QED) is 0.852. The van der Waals surface area contributed by atoms with E-state index in [-0.39, 0.29) is 18.6 Å². The summed E-state index contributed by atoms with van der Waals surface area (Å²) in [6.45, 7) is 2.66. The first kappa shape index (κ1) is 14.4. The minimum absolute atomic E-state index is 0.119. The number of likely N-dealkylation sites (tertiary alicyclic amines) is 1. The highest BCUT2D eigenvalue weighted by molar-refractivity contribution is 6.05. The smallest absolute Gasteiger partial charge is 0.340 e. The third-order valence-electron chi connectivity index (χ3n) is 4.16. The van der Waals surface area contributed by atoms with Gasteiger partial charge in [0.25, 0.3) is 0 Å². The van der Waals surface area contributed by atoms with E-state index in [0.717, 1.165) is 29.4 Å². The number of carbonyl (C=O) groups is 2. The van der Waals surface area contributed by atoms with Crippen LogP contribution in [0, 0.1) is 6.92 Å². The maximum atomic E-state index is 12.4. The molecule has 1 fully saturated rings. The average molecular weight is 301 g/mol. The maximum Gasteiger partial charge on any atom is 0.340 e. The van der Waals surface area contributed by atoms with Crippen molar-refractivity contribution in [2.45, 2.75) is 25.8 Å². The first-order valence-electron chi connectivity index (χ1n) is 7.38. The van der Waals surface area contributed by atoms with E-state index in [0.29, 0.717) is 12.1 Å². The Morgan fingerprint density at radius 2 is 2.18 bits per heavy atom. The standard InChI is InChI=1S/C16H19N3O3/c1-10-14(12-6-2-3-7-13(12)18-10)15(20)22-9-11-5-4-8-19(11)16(17)21/h2-3,6-7,11,18H,4-5,8-9H2,1H3,(H2,17,21)/t11-/m1/s1. The minimum atomic E-state index is -0.457. The molecule has 116 valence electrons. The second-order valence-electron chi connectivity index (χ2n) is 5.60. The molecule has 2 heterocycles. The van der Waals surface area contributed by atoms with Crippen molar-refractivity contribution in [3.05, 3.63) is 35.5 Å². The number of aromatic amines is 1. The number of amides is 2. The van der Waals surface area contributed by atoms with Crippen LogP contribution in [0.1, 0.15) is 28.9 Å². The van der Waals surface area contributed by atoms with Gasteiger partial charge in [0.1, 0.15) is 6.61 Å². The van der Waals surface area contributed by atoms with Crippen LogP contribution in [0.2, 0.25) is 0 Å². The van der Waals surface area contributed by atoms with Crippen molar-refractivity contribution in [2.75, 3.05) is 13.2 Å². The molecule has 0 aliphatic carbocycles. The largest absolute Gasteiger partial charge is 0.460 e. The number of rotatable bonds is 3. The van der Waals surface area contributed by atoms with E-state index in [9.17, 15) is 9.59 Å². The monoisotopic (exact) mass is 301 g/mol. The highest BCUT2D eigenvalue weighted by Crippen LogP contribution is 2.23. The number of ether oxygens (including phenoxy) is 1. The van der Waals surface area contributed by atoms with Gasteiger partial charge in [-0.3, -0.25) is 0 Å². The average Bonchev–Trinajstić information content (AvgIpc) is 3.07. The summed E-state index contributed by atoms with van der Waals surface area (Å²) in [5.41, 5.74) is 7.57. The Balaban J connectivity index is 1.74. The normalized spacial score (nSPS) is 17.9. The fourth-order valence-electron chi connectivity index (χ4n) is 3.08. The number of nitrogens with zero attached hydrogens (tertiary/aromatic N) is 1. The maximum absolute atomic E-state index is 12.4. The Morgan fingerprint density at radius 3 is 2.95 bits per heavy atom. The van der Waals surface area contributed by atoms with Crippen LogP contribution in [0.3, 0.4) is 0 Å². The van der Waals surface area contributed by atoms with Gasteiger partial charge in [-0.2, -0.15) is 0 Å². The van der Waals surface area contributed by atoms with E-state index in [4.69, 9.17) is 10.5 Å². The van der Waals surface area contributed by atoms with E-state index in [1.165, 1.54) is 0 Å². The fourth-order valence-corrected chi connectivity index (χ4v) is 3.08. The van der Waals surface area contributed by atoms with Gasteiger partial charge in [0.05, 0.1) is 11.6 Å². The van der Waals surface area contributed by atoms with Crippen molar-refractivity contribution in [2.24, 2.45) is 5.73 Å². The van der Waals surface area contributed by atoms with Crippen molar-refractivity contribution in [3.8, 4) is 0 Å². The lowest BCUT2D eigenvalue weighted by Gasteiger charge is -2.22. The molecule has 1 atom stereocenters. The van der Waals surface area contributed by atoms with Crippen molar-refractivity contribution < 1.29 is 14.3 Å². The number of carbonyl (C=O) groups excluding carboxylic acids is 2. The van der Waals surface area contributed by atoms with E-state index in [1.807, 2.05) is 31.2 Å². The van der Waals surface area contributed by atoms with Gasteiger partial charge in [0.2, 0.25) is 0 Å². The van der Waals surface area contributed by atoms with Crippen LogP contribution in [-0.4, -0.2) is 41.1 Å². The SMILES string of the molecule is Cc1[nH]c2ccccc2c1C(=O)OC[C@H]1CCCN1C(N)=O. The lowest BCUT2D eigenvalue weighted by atomic mass is 10.1. The number of H-pyrrole nitrogens is 1. The number of hydrogen-bond acceptors (Lipinski definition) is 3. The molecule has 6 heteroatoms. The molecular formula is C16H19N3O3. The van der Waals surface area contributed by atoms with Crippen LogP contribution in [-0.2, 0) is 4.74 Å². The zero-order valence-corrected chi connectivity index (χ0v) is 12.5. The van der Waals surface area contributed by atoms with E-state index in [2.05, 4.69) is 4.98 Å². The van der Waals surface area contributed by atoms with E-state index >= 15 is 0 Å². The Hall–Kier alpha value is -2.50. The molecule has 2 amide bonds. The summed E-state index contributed by atoms with van der Waals surface area (Å²) in [6, 6.07) is 7.04. The highest BCUT2D eigenvalue weighted by Gasteiger charge is 2.29. The number of nitrogens with one attached hydrogen (secondary N) is 1. The zero-order chi connectivity index (χ0) is 15.7. The molecule has 0 radical (unpaired) electrons. The molecule has 22 heavy (non-hydrogen) atoms. The van der Waals surface area contributed by atoms with Crippen LogP contribution in [0.25, 0.3) is 10.9 Å². The molecule has 0 spiro atoms. The fraction of sp³-hybridized carbons (Fsp3) is 0.375. The topological polar surface area (TPSA) is 88.4 Å². The molecule has 6 nitrogen and oxygen atoms in total. The molecule has 0 unspecified atom stereocenters. The second-order valence-corrected chi connectivity index (χ2v) is 5.60. The number of hydrogen-bond donors (Lipinski definition) is 2. The molecule has 3 rings (SSSR count). The number of para-hydroxylation sites is 1. The minimum Gasteiger partial charge on any atom is -0.460 e. The molecule has 0 saturated carbocycles. The summed E-state index contributed by atoms with van der Waals surface area (Å²) in [7, 11) is 0. The first-order valence-corrected chi connectivity index (χ1v) is 7.38. The van der Waals surface area contributed by atoms with Gasteiger partial charge in [-0.1, -0.05) is 18.2 Å². The Morgan fingerprint density at radius 1 is 1.41 bits per heavy atom. The van der Waals surface area contributed by atoms with Gasteiger partial charge in [-0.05, 0) is 25.8 Å². The zero-order valence-electron chi connectivity index (χ0n) is 12.5. The lowest BCUT2D eigenvalue weighted by Crippen LogP contribution is -2.42. The number of fused-ring (bicyclic) bond motifs is 1. The van der Waals surface area contributed by atoms with Crippen molar-refractivity contribution >= 4 is 22.9 Å². The molecule has 1 aromatic heterocycles. The number of aryl methyl sites for hydroxylation is 1. The summed E-state index contributed by atoms with van der Waals surface area (Å²) in [6.07, 6.45) is 1.69. The number of nitrogens with two attached hydrogens (primary N) is 1. The van der Waals surface area contributed by atoms with Crippen LogP contribution < -0.4 is 5.73 Å². The number of esters is 1. The molecule has 1 aliphatic rings. The summed E-state index contributed by atoms with van der Waals surface area (Å²) in [5.74, 6) is -0.369. The van der Waals surface area contributed by atoms with Crippen LogP contribution in [0.5, 0.6) is 0 Å². The molecular weight excluding hydrogens is 282 g/mol. The van der Waals surface area contributed by atoms with E-state index < -0.39 is 6.03 Å². The van der Waals surface area contributed by atoms with Crippen molar-refractivity contribution in [1.82, 2.24) is 9.88 Å². The summed E-state index contributed by atoms with van der Waals surface area (Å²) < 4.78 is 5.43. The predicted molar refractivity (Wildman–Crippen MR) is 82.6 cm³/mol. The highest BCUT2D eigenvalue weighted by atomic mass is 16.5. The second kappa shape index (κ2) is 5.71. The first-order chi connectivity index (χ1) is 10.6. The van der Waals surface area contributed by atoms with Gasteiger partial charge in [-0.15, -0.1) is 0 Å². The van der Waals surface area contributed by atoms with Crippen LogP contribution >= 0.6 is 0 Å². The van der Waals surface area contributed by atoms with E-state index in [1.54, 1.807) is 4.90 Å². The predicted octanol–water partition coefficient (Wildman–Crippen LogP) is 2.18. The summed E-state index contributed by atoms with van der Waals surface area (Å²) in [4.78, 5) is 28.5. The third-order valence-corrected chi connectivity index (χ3v) is 4.16. The number of aromatic nitrogens is 1. The van der Waals surface area contributed by atoms with Crippen molar-refractivity contribution in [1.29, 1.82) is 0 Å². The number of primary amides is 1. The van der Waals surface area contributed by atoms with Crippen LogP contribution in [0.15, 0.2) is 24.3 Å². The number of benzene rings is 1. The van der Waals surface area contributed by atoms with Gasteiger partial charge >= 0.3 is 12.0 Å². The van der Waals surface area contributed by atoms with Gasteiger partial charge < -0.3 is 20.4 Å². The molecule has 1 aliphatic heterocycles. The lowest BCUT2D eigenvalue weighted by molar-refractivity contribution is 0.0423. The molecule has 2 aromatic rings.